The fourth-order valence-corrected chi connectivity index (χ4v) is 1.96. The Morgan fingerprint density at radius 3 is 2.71 bits per heavy atom. The fourth-order valence-electron chi connectivity index (χ4n) is 1.96. The number of carbonyl (C=O) groups is 1. The molecule has 0 spiro atoms. The van der Waals surface area contributed by atoms with Crippen LogP contribution in [0.1, 0.15) is 30.0 Å². The molecule has 1 aromatic rings. The van der Waals surface area contributed by atoms with Gasteiger partial charge in [0.15, 0.2) is 0 Å². The topological polar surface area (TPSA) is 49.3 Å². The third kappa shape index (κ3) is 1.40. The van der Waals surface area contributed by atoms with Crippen LogP contribution < -0.4 is 5.32 Å². The highest BCUT2D eigenvalue weighted by Gasteiger charge is 2.28. The van der Waals surface area contributed by atoms with Crippen molar-refractivity contribution in [2.45, 2.75) is 18.9 Å². The van der Waals surface area contributed by atoms with E-state index in [0.29, 0.717) is 5.92 Å². The first-order valence-corrected chi connectivity index (χ1v) is 4.75. The number of fused-ring (bicyclic) bond motifs is 1. The Hall–Kier alpha value is -1.35. The number of nitrogens with one attached hydrogen (secondary N) is 1. The standard InChI is InChI=1S/C11H13NO2/c1-7-6-12-10(11(13)14)9-5-3-2-4-8(7)9/h2-5,7,10,12H,6H2,1H3,(H,13,14)/t7-,10-/m1/s1. The Morgan fingerprint density at radius 2 is 2.07 bits per heavy atom. The summed E-state index contributed by atoms with van der Waals surface area (Å²) in [4.78, 5) is 11.0. The molecule has 0 aliphatic carbocycles. The molecule has 0 radical (unpaired) electrons. The molecule has 74 valence electrons. The zero-order valence-electron chi connectivity index (χ0n) is 8.03. The maximum absolute atomic E-state index is 11.0. The lowest BCUT2D eigenvalue weighted by molar-refractivity contribution is -0.139. The Labute approximate surface area is 82.8 Å². The lowest BCUT2D eigenvalue weighted by Crippen LogP contribution is -2.36. The second kappa shape index (κ2) is 3.42. The minimum atomic E-state index is -0.802. The molecule has 3 nitrogen and oxygen atoms in total. The van der Waals surface area contributed by atoms with Gasteiger partial charge in [0.25, 0.3) is 0 Å². The molecule has 0 aromatic heterocycles. The molecule has 1 heterocycles. The highest BCUT2D eigenvalue weighted by atomic mass is 16.4. The average Bonchev–Trinajstić information content (AvgIpc) is 2.18. The van der Waals surface area contributed by atoms with Crippen molar-refractivity contribution in [3.05, 3.63) is 35.4 Å². The van der Waals surface area contributed by atoms with E-state index in [9.17, 15) is 4.79 Å². The number of aliphatic carboxylic acids is 1. The van der Waals surface area contributed by atoms with E-state index < -0.39 is 12.0 Å². The van der Waals surface area contributed by atoms with Crippen LogP contribution in [-0.2, 0) is 4.79 Å². The number of carboxylic acids is 1. The van der Waals surface area contributed by atoms with E-state index in [4.69, 9.17) is 5.11 Å². The van der Waals surface area contributed by atoms with Gasteiger partial charge in [-0.2, -0.15) is 0 Å². The Balaban J connectivity index is 2.46. The van der Waals surface area contributed by atoms with Crippen molar-refractivity contribution in [2.24, 2.45) is 0 Å². The first-order valence-electron chi connectivity index (χ1n) is 4.75. The molecule has 0 saturated heterocycles. The molecule has 14 heavy (non-hydrogen) atoms. The molecular formula is C11H13NO2. The molecule has 2 rings (SSSR count). The van der Waals surface area contributed by atoms with Crippen LogP contribution in [0.2, 0.25) is 0 Å². The van der Waals surface area contributed by atoms with Gasteiger partial charge < -0.3 is 10.4 Å². The lowest BCUT2D eigenvalue weighted by atomic mass is 9.88. The van der Waals surface area contributed by atoms with Gasteiger partial charge in [0.05, 0.1) is 0 Å². The van der Waals surface area contributed by atoms with E-state index in [1.165, 1.54) is 0 Å². The van der Waals surface area contributed by atoms with Crippen LogP contribution in [0.15, 0.2) is 24.3 Å². The molecular weight excluding hydrogens is 178 g/mol. The van der Waals surface area contributed by atoms with Crippen molar-refractivity contribution in [3.8, 4) is 0 Å². The second-order valence-corrected chi connectivity index (χ2v) is 3.71. The zero-order valence-corrected chi connectivity index (χ0v) is 8.03. The van der Waals surface area contributed by atoms with Crippen molar-refractivity contribution in [1.29, 1.82) is 0 Å². The number of hydrogen-bond acceptors (Lipinski definition) is 2. The molecule has 1 aliphatic rings. The van der Waals surface area contributed by atoms with Crippen molar-refractivity contribution < 1.29 is 9.90 Å². The van der Waals surface area contributed by atoms with E-state index in [-0.39, 0.29) is 0 Å². The molecule has 2 atom stereocenters. The minimum absolute atomic E-state index is 0.391. The van der Waals surface area contributed by atoms with Gasteiger partial charge in [0.1, 0.15) is 6.04 Å². The predicted octanol–water partition coefficient (Wildman–Crippen LogP) is 1.52. The van der Waals surface area contributed by atoms with Gasteiger partial charge in [0.2, 0.25) is 0 Å². The Kier molecular flexibility index (Phi) is 2.25. The molecule has 0 amide bonds. The highest BCUT2D eigenvalue weighted by molar-refractivity contribution is 5.76. The summed E-state index contributed by atoms with van der Waals surface area (Å²) in [5, 5.41) is 12.0. The van der Waals surface area contributed by atoms with Crippen LogP contribution in [0.25, 0.3) is 0 Å². The molecule has 0 fully saturated rings. The predicted molar refractivity (Wildman–Crippen MR) is 53.2 cm³/mol. The van der Waals surface area contributed by atoms with Gasteiger partial charge in [-0.05, 0) is 17.0 Å². The number of rotatable bonds is 1. The number of benzene rings is 1. The number of hydrogen-bond donors (Lipinski definition) is 2. The summed E-state index contributed by atoms with van der Waals surface area (Å²) in [5.74, 6) is -0.411. The molecule has 0 bridgehead atoms. The van der Waals surface area contributed by atoms with Gasteiger partial charge in [-0.15, -0.1) is 0 Å². The van der Waals surface area contributed by atoms with Crippen molar-refractivity contribution >= 4 is 5.97 Å². The number of carboxylic acid groups (broad SMARTS) is 1. The summed E-state index contributed by atoms with van der Waals surface area (Å²) in [6, 6.07) is 7.20. The average molecular weight is 191 g/mol. The van der Waals surface area contributed by atoms with Crippen molar-refractivity contribution in [1.82, 2.24) is 5.32 Å². The highest BCUT2D eigenvalue weighted by Crippen LogP contribution is 2.29. The Morgan fingerprint density at radius 1 is 1.43 bits per heavy atom. The first kappa shape index (κ1) is 9.21. The summed E-state index contributed by atoms with van der Waals surface area (Å²) < 4.78 is 0. The summed E-state index contributed by atoms with van der Waals surface area (Å²) in [5.41, 5.74) is 2.05. The van der Waals surface area contributed by atoms with Crippen LogP contribution in [0, 0.1) is 0 Å². The lowest BCUT2D eigenvalue weighted by Gasteiger charge is -2.28. The van der Waals surface area contributed by atoms with Crippen LogP contribution in [0.3, 0.4) is 0 Å². The van der Waals surface area contributed by atoms with E-state index in [1.807, 2.05) is 24.3 Å². The minimum Gasteiger partial charge on any atom is -0.480 e. The van der Waals surface area contributed by atoms with Gasteiger partial charge >= 0.3 is 5.97 Å². The van der Waals surface area contributed by atoms with E-state index in [1.54, 1.807) is 0 Å². The molecule has 0 unspecified atom stereocenters. The summed E-state index contributed by atoms with van der Waals surface area (Å²) in [6.07, 6.45) is 0. The van der Waals surface area contributed by atoms with Crippen LogP contribution >= 0.6 is 0 Å². The zero-order chi connectivity index (χ0) is 10.1. The fraction of sp³-hybridized carbons (Fsp3) is 0.364. The van der Waals surface area contributed by atoms with Gasteiger partial charge in [-0.3, -0.25) is 4.79 Å². The maximum Gasteiger partial charge on any atom is 0.325 e. The third-order valence-corrected chi connectivity index (χ3v) is 2.71. The van der Waals surface area contributed by atoms with Gasteiger partial charge in [0, 0.05) is 6.54 Å². The summed E-state index contributed by atoms with van der Waals surface area (Å²) in [6.45, 7) is 2.83. The van der Waals surface area contributed by atoms with Crippen molar-refractivity contribution in [3.63, 3.8) is 0 Å². The van der Waals surface area contributed by atoms with Crippen molar-refractivity contribution in [2.75, 3.05) is 6.54 Å². The molecule has 1 aliphatic heterocycles. The smallest absolute Gasteiger partial charge is 0.325 e. The molecule has 3 heteroatoms. The van der Waals surface area contributed by atoms with E-state index >= 15 is 0 Å². The quantitative estimate of drug-likeness (QED) is 0.707. The SMILES string of the molecule is C[C@@H]1CN[C@@H](C(=O)O)c2ccccc21. The maximum atomic E-state index is 11.0. The molecule has 1 aromatic carbocycles. The van der Waals surface area contributed by atoms with Crippen LogP contribution in [0.4, 0.5) is 0 Å². The van der Waals surface area contributed by atoms with E-state index in [2.05, 4.69) is 12.2 Å². The molecule has 0 saturated carbocycles. The largest absolute Gasteiger partial charge is 0.480 e. The summed E-state index contributed by atoms with van der Waals surface area (Å²) in [7, 11) is 0. The monoisotopic (exact) mass is 191 g/mol. The van der Waals surface area contributed by atoms with Gasteiger partial charge in [-0.25, -0.2) is 0 Å². The Bertz CT molecular complexity index is 362. The van der Waals surface area contributed by atoms with Crippen LogP contribution in [-0.4, -0.2) is 17.6 Å². The molecule has 2 N–H and O–H groups in total. The van der Waals surface area contributed by atoms with Gasteiger partial charge in [-0.1, -0.05) is 31.2 Å². The first-order chi connectivity index (χ1) is 6.70. The third-order valence-electron chi connectivity index (χ3n) is 2.71. The normalized spacial score (nSPS) is 25.5. The second-order valence-electron chi connectivity index (χ2n) is 3.71. The summed E-state index contributed by atoms with van der Waals surface area (Å²) >= 11 is 0. The van der Waals surface area contributed by atoms with E-state index in [0.717, 1.165) is 17.7 Å². The van der Waals surface area contributed by atoms with Crippen LogP contribution in [0.5, 0.6) is 0 Å².